The Morgan fingerprint density at radius 3 is 1.86 bits per heavy atom. The van der Waals surface area contributed by atoms with E-state index in [1.807, 2.05) is 54.6 Å². The lowest BCUT2D eigenvalue weighted by Gasteiger charge is -2.15. The van der Waals surface area contributed by atoms with E-state index in [0.717, 1.165) is 30.9 Å². The molecule has 1 atom stereocenters. The van der Waals surface area contributed by atoms with E-state index < -0.39 is 0 Å². The van der Waals surface area contributed by atoms with Gasteiger partial charge in [-0.25, -0.2) is 0 Å². The predicted octanol–water partition coefficient (Wildman–Crippen LogP) is 4.71. The molecule has 0 spiro atoms. The molecule has 29 heavy (non-hydrogen) atoms. The molecular weight excluding hydrogens is 364 g/mol. The van der Waals surface area contributed by atoms with Crippen LogP contribution in [-0.4, -0.2) is 32.5 Å². The molecule has 0 radical (unpaired) electrons. The maximum Gasteiger partial charge on any atom is 0.164 e. The van der Waals surface area contributed by atoms with E-state index in [1.54, 1.807) is 0 Å². The van der Waals surface area contributed by atoms with Gasteiger partial charge in [0.1, 0.15) is 18.5 Å². The van der Waals surface area contributed by atoms with E-state index in [2.05, 4.69) is 24.3 Å². The van der Waals surface area contributed by atoms with Crippen LogP contribution in [0.3, 0.4) is 0 Å². The average Bonchev–Trinajstić information content (AvgIpc) is 3.60. The molecule has 4 rings (SSSR count). The van der Waals surface area contributed by atoms with Gasteiger partial charge in [0, 0.05) is 18.9 Å². The number of ether oxygens (including phenoxy) is 4. The molecule has 0 saturated carbocycles. The fourth-order valence-electron chi connectivity index (χ4n) is 3.01. The molecule has 0 aliphatic carbocycles. The van der Waals surface area contributed by atoms with Gasteiger partial charge in [-0.2, -0.15) is 0 Å². The molecule has 3 aromatic rings. The maximum atomic E-state index is 6.07. The third-order valence-electron chi connectivity index (χ3n) is 4.74. The minimum absolute atomic E-state index is 0.222. The highest BCUT2D eigenvalue weighted by atomic mass is 16.6. The van der Waals surface area contributed by atoms with Crippen LogP contribution < -0.4 is 14.2 Å². The lowest BCUT2D eigenvalue weighted by molar-refractivity contribution is 0.253. The van der Waals surface area contributed by atoms with E-state index in [4.69, 9.17) is 18.9 Å². The second kappa shape index (κ2) is 9.99. The quantitative estimate of drug-likeness (QED) is 0.445. The molecule has 0 aromatic heterocycles. The fourth-order valence-corrected chi connectivity index (χ4v) is 3.01. The summed E-state index contributed by atoms with van der Waals surface area (Å²) in [5, 5.41) is 0. The topological polar surface area (TPSA) is 40.2 Å². The molecule has 1 aliphatic heterocycles. The normalized spacial score (nSPS) is 15.0. The van der Waals surface area contributed by atoms with E-state index in [1.165, 1.54) is 11.1 Å². The minimum Gasteiger partial charge on any atom is -0.491 e. The number of hydrogen-bond donors (Lipinski definition) is 0. The standard InChI is InChI=1S/C25H26O4/c1-3-7-20(8-4-1)13-15-26-24-12-11-22(28-18-23-19-29-23)17-25(24)27-16-14-21-9-5-2-6-10-21/h1-12,17,23H,13-16,18-19H2/t23-/m0/s1. The predicted molar refractivity (Wildman–Crippen MR) is 113 cm³/mol. The van der Waals surface area contributed by atoms with E-state index in [-0.39, 0.29) is 6.10 Å². The van der Waals surface area contributed by atoms with Gasteiger partial charge < -0.3 is 18.9 Å². The van der Waals surface area contributed by atoms with Crippen LogP contribution in [-0.2, 0) is 17.6 Å². The first-order chi connectivity index (χ1) is 14.4. The molecule has 0 bridgehead atoms. The van der Waals surface area contributed by atoms with Crippen molar-refractivity contribution in [1.82, 2.24) is 0 Å². The van der Waals surface area contributed by atoms with Crippen molar-refractivity contribution in [1.29, 1.82) is 0 Å². The summed E-state index contributed by atoms with van der Waals surface area (Å²) in [6, 6.07) is 26.4. The Morgan fingerprint density at radius 1 is 0.690 bits per heavy atom. The average molecular weight is 390 g/mol. The Labute approximate surface area is 172 Å². The van der Waals surface area contributed by atoms with Crippen molar-refractivity contribution in [2.45, 2.75) is 18.9 Å². The van der Waals surface area contributed by atoms with Crippen LogP contribution in [0.1, 0.15) is 11.1 Å². The zero-order chi connectivity index (χ0) is 19.7. The number of rotatable bonds is 11. The molecule has 4 heteroatoms. The summed E-state index contributed by atoms with van der Waals surface area (Å²) in [6.45, 7) is 2.52. The lowest BCUT2D eigenvalue weighted by atomic mass is 10.2. The van der Waals surface area contributed by atoms with Crippen molar-refractivity contribution < 1.29 is 18.9 Å². The van der Waals surface area contributed by atoms with Gasteiger partial charge >= 0.3 is 0 Å². The molecule has 150 valence electrons. The summed E-state index contributed by atoms with van der Waals surface area (Å²) in [4.78, 5) is 0. The SMILES string of the molecule is c1ccc(CCOc2ccc(OC[C@H]3CO3)cc2OCCc2ccccc2)cc1. The zero-order valence-electron chi connectivity index (χ0n) is 16.5. The fraction of sp³-hybridized carbons (Fsp3) is 0.280. The molecule has 0 N–H and O–H groups in total. The minimum atomic E-state index is 0.222. The largest absolute Gasteiger partial charge is 0.491 e. The van der Waals surface area contributed by atoms with E-state index in [9.17, 15) is 0 Å². The molecule has 4 nitrogen and oxygen atoms in total. The summed E-state index contributed by atoms with van der Waals surface area (Å²) < 4.78 is 23.1. The lowest BCUT2D eigenvalue weighted by Crippen LogP contribution is -2.07. The van der Waals surface area contributed by atoms with Gasteiger partial charge in [0.05, 0.1) is 19.8 Å². The summed E-state index contributed by atoms with van der Waals surface area (Å²) >= 11 is 0. The van der Waals surface area contributed by atoms with Gasteiger partial charge in [-0.05, 0) is 23.3 Å². The van der Waals surface area contributed by atoms with Gasteiger partial charge in [-0.15, -0.1) is 0 Å². The molecule has 1 aliphatic rings. The first-order valence-electron chi connectivity index (χ1n) is 10.1. The first kappa shape index (κ1) is 19.3. The van der Waals surface area contributed by atoms with Crippen molar-refractivity contribution in [2.75, 3.05) is 26.4 Å². The Hall–Kier alpha value is -2.98. The molecular formula is C25H26O4. The third kappa shape index (κ3) is 6.26. The van der Waals surface area contributed by atoms with Crippen LogP contribution in [0.15, 0.2) is 78.9 Å². The van der Waals surface area contributed by atoms with Crippen molar-refractivity contribution in [3.63, 3.8) is 0 Å². The highest BCUT2D eigenvalue weighted by Crippen LogP contribution is 2.32. The summed E-state index contributed by atoms with van der Waals surface area (Å²) in [7, 11) is 0. The van der Waals surface area contributed by atoms with Crippen LogP contribution in [0, 0.1) is 0 Å². The van der Waals surface area contributed by atoms with Crippen LogP contribution in [0.25, 0.3) is 0 Å². The van der Waals surface area contributed by atoms with Crippen molar-refractivity contribution in [2.24, 2.45) is 0 Å². The van der Waals surface area contributed by atoms with E-state index in [0.29, 0.717) is 25.6 Å². The highest BCUT2D eigenvalue weighted by molar-refractivity contribution is 5.45. The highest BCUT2D eigenvalue weighted by Gasteiger charge is 2.23. The second-order valence-electron chi connectivity index (χ2n) is 7.04. The molecule has 0 unspecified atom stereocenters. The van der Waals surface area contributed by atoms with Crippen molar-refractivity contribution in [3.8, 4) is 17.2 Å². The Morgan fingerprint density at radius 2 is 1.28 bits per heavy atom. The van der Waals surface area contributed by atoms with Gasteiger partial charge in [-0.1, -0.05) is 60.7 Å². The molecule has 3 aromatic carbocycles. The zero-order valence-corrected chi connectivity index (χ0v) is 16.5. The third-order valence-corrected chi connectivity index (χ3v) is 4.74. The van der Waals surface area contributed by atoms with Gasteiger partial charge in [0.15, 0.2) is 11.5 Å². The van der Waals surface area contributed by atoms with Crippen molar-refractivity contribution in [3.05, 3.63) is 90.0 Å². The Balaban J connectivity index is 1.37. The maximum absolute atomic E-state index is 6.07. The first-order valence-corrected chi connectivity index (χ1v) is 10.1. The smallest absolute Gasteiger partial charge is 0.164 e. The summed E-state index contributed by atoms with van der Waals surface area (Å²) in [6.07, 6.45) is 1.91. The van der Waals surface area contributed by atoms with Crippen molar-refractivity contribution >= 4 is 0 Å². The van der Waals surface area contributed by atoms with Crippen LogP contribution in [0.4, 0.5) is 0 Å². The molecule has 1 fully saturated rings. The van der Waals surface area contributed by atoms with Crippen LogP contribution in [0.2, 0.25) is 0 Å². The number of benzene rings is 3. The molecule has 0 amide bonds. The van der Waals surface area contributed by atoms with Crippen LogP contribution in [0.5, 0.6) is 17.2 Å². The number of hydrogen-bond acceptors (Lipinski definition) is 4. The number of epoxide rings is 1. The summed E-state index contributed by atoms with van der Waals surface area (Å²) in [5.41, 5.74) is 2.50. The van der Waals surface area contributed by atoms with Gasteiger partial charge in [0.2, 0.25) is 0 Å². The second-order valence-corrected chi connectivity index (χ2v) is 7.04. The van der Waals surface area contributed by atoms with E-state index >= 15 is 0 Å². The molecule has 1 saturated heterocycles. The Kier molecular flexibility index (Phi) is 6.66. The van der Waals surface area contributed by atoms with Crippen LogP contribution >= 0.6 is 0 Å². The van der Waals surface area contributed by atoms with Gasteiger partial charge in [0.25, 0.3) is 0 Å². The van der Waals surface area contributed by atoms with Gasteiger partial charge in [-0.3, -0.25) is 0 Å². The monoisotopic (exact) mass is 390 g/mol. The Bertz CT molecular complexity index is 876. The summed E-state index contributed by atoms with van der Waals surface area (Å²) in [5.74, 6) is 2.22. The molecule has 1 heterocycles.